The van der Waals surface area contributed by atoms with Crippen molar-refractivity contribution in [2.45, 2.75) is 5.92 Å². The summed E-state index contributed by atoms with van der Waals surface area (Å²) in [6, 6.07) is 11.6. The first-order valence-corrected chi connectivity index (χ1v) is 11.9. The lowest BCUT2D eigenvalue weighted by Crippen LogP contribution is -2.40. The largest absolute Gasteiger partial charge is 0.466 e. The van der Waals surface area contributed by atoms with Gasteiger partial charge in [-0.3, -0.25) is 9.36 Å². The van der Waals surface area contributed by atoms with Crippen molar-refractivity contribution in [1.29, 1.82) is 5.26 Å². The van der Waals surface area contributed by atoms with E-state index < -0.39 is 17.4 Å². The summed E-state index contributed by atoms with van der Waals surface area (Å²) in [4.78, 5) is 26.3. The van der Waals surface area contributed by atoms with Crippen LogP contribution in [0.3, 0.4) is 0 Å². The quantitative estimate of drug-likeness (QED) is 0.493. The number of rotatable bonds is 3. The minimum atomic E-state index is -0.966. The number of carbonyl (C=O) groups excluding carboxylic acids is 1. The van der Waals surface area contributed by atoms with Crippen LogP contribution < -0.4 is 20.5 Å². The van der Waals surface area contributed by atoms with E-state index >= 15 is 0 Å². The number of benzene rings is 2. The smallest absolute Gasteiger partial charge is 0.337 e. The molecule has 6 nitrogen and oxygen atoms in total. The third kappa shape index (κ3) is 4.13. The van der Waals surface area contributed by atoms with Crippen LogP contribution in [0.1, 0.15) is 17.0 Å². The molecule has 0 saturated heterocycles. The molecule has 11 heteroatoms. The number of nitrogens with zero attached hydrogens (tertiary/aromatic N) is 2. The normalized spacial score (nSPS) is 15.8. The topological polar surface area (TPSA) is 98.1 Å². The number of esters is 1. The molecule has 1 aliphatic rings. The van der Waals surface area contributed by atoms with Crippen LogP contribution in [-0.2, 0) is 9.53 Å². The molecule has 2 N–H and O–H groups in total. The van der Waals surface area contributed by atoms with Gasteiger partial charge in [0.2, 0.25) is 0 Å². The fourth-order valence-corrected chi connectivity index (χ4v) is 5.80. The number of nitrogens with two attached hydrogens (primary N) is 1. The Morgan fingerprint density at radius 3 is 2.38 bits per heavy atom. The maximum atomic E-state index is 13.3. The van der Waals surface area contributed by atoms with Gasteiger partial charge in [-0.25, -0.2) is 4.79 Å². The van der Waals surface area contributed by atoms with Gasteiger partial charge in [-0.2, -0.15) is 5.26 Å². The van der Waals surface area contributed by atoms with Crippen molar-refractivity contribution in [3.63, 3.8) is 0 Å². The highest BCUT2D eigenvalue weighted by molar-refractivity contribution is 7.07. The molecule has 1 atom stereocenters. The lowest BCUT2D eigenvalue weighted by Gasteiger charge is -2.25. The van der Waals surface area contributed by atoms with Gasteiger partial charge >= 0.3 is 5.97 Å². The van der Waals surface area contributed by atoms with Crippen LogP contribution in [0.25, 0.3) is 17.5 Å². The van der Waals surface area contributed by atoms with Crippen molar-refractivity contribution in [3.05, 3.63) is 92.7 Å². The van der Waals surface area contributed by atoms with Crippen LogP contribution in [0, 0.1) is 11.3 Å². The van der Waals surface area contributed by atoms with Gasteiger partial charge in [0.05, 0.1) is 34.8 Å². The summed E-state index contributed by atoms with van der Waals surface area (Å²) < 4.78 is 6.61. The van der Waals surface area contributed by atoms with E-state index in [-0.39, 0.29) is 31.2 Å². The molecule has 2 heterocycles. The van der Waals surface area contributed by atoms with Crippen LogP contribution in [0.15, 0.2) is 46.8 Å². The number of halogens is 4. The second-order valence-electron chi connectivity index (χ2n) is 7.14. The summed E-state index contributed by atoms with van der Waals surface area (Å²) >= 11 is 25.7. The molecular weight excluding hydrogens is 540 g/mol. The zero-order valence-corrected chi connectivity index (χ0v) is 21.1. The van der Waals surface area contributed by atoms with Crippen molar-refractivity contribution < 1.29 is 9.53 Å². The average Bonchev–Trinajstić information content (AvgIpc) is 3.11. The zero-order chi connectivity index (χ0) is 24.7. The molecule has 0 bridgehead atoms. The molecule has 172 valence electrons. The maximum absolute atomic E-state index is 13.3. The summed E-state index contributed by atoms with van der Waals surface area (Å²) in [6.45, 7) is 0. The Labute approximate surface area is 217 Å². The lowest BCUT2D eigenvalue weighted by atomic mass is 9.84. The highest BCUT2D eigenvalue weighted by atomic mass is 35.5. The van der Waals surface area contributed by atoms with Gasteiger partial charge in [0.1, 0.15) is 10.5 Å². The molecule has 0 spiro atoms. The van der Waals surface area contributed by atoms with Crippen LogP contribution in [-0.4, -0.2) is 17.6 Å². The summed E-state index contributed by atoms with van der Waals surface area (Å²) in [5, 5.41) is 11.4. The number of fused-ring (bicyclic) bond motifs is 1. The molecule has 2 aromatic carbocycles. The first kappa shape index (κ1) is 24.4. The molecule has 0 amide bonds. The van der Waals surface area contributed by atoms with E-state index in [4.69, 9.17) is 56.9 Å². The number of nitriles is 1. The minimum absolute atomic E-state index is 0.0203. The fourth-order valence-electron chi connectivity index (χ4n) is 3.66. The third-order valence-corrected chi connectivity index (χ3v) is 7.43. The van der Waals surface area contributed by atoms with Crippen molar-refractivity contribution in [2.24, 2.45) is 5.73 Å². The number of thiazole rings is 1. The Kier molecular flexibility index (Phi) is 6.81. The number of aromatic nitrogens is 1. The van der Waals surface area contributed by atoms with Crippen molar-refractivity contribution >= 4 is 81.2 Å². The van der Waals surface area contributed by atoms with E-state index in [9.17, 15) is 14.9 Å². The van der Waals surface area contributed by atoms with E-state index in [1.54, 1.807) is 36.4 Å². The number of methoxy groups -OCH3 is 1. The van der Waals surface area contributed by atoms with E-state index in [2.05, 4.69) is 0 Å². The van der Waals surface area contributed by atoms with Crippen molar-refractivity contribution in [2.75, 3.05) is 7.11 Å². The average molecular weight is 553 g/mol. The second kappa shape index (κ2) is 9.49. The number of hydrogen-bond donors (Lipinski definition) is 1. The SMILES string of the molecule is COC(=O)C1=c2sc(=Cc3ccc(Cl)cc3Cl)c(=O)n2C(N)=C(C#N)C1c1ccc(Cl)cc1Cl. The van der Waals surface area contributed by atoms with Crippen molar-refractivity contribution in [1.82, 2.24) is 4.57 Å². The second-order valence-corrected chi connectivity index (χ2v) is 9.85. The van der Waals surface area contributed by atoms with Gasteiger partial charge in [-0.05, 0) is 41.5 Å². The van der Waals surface area contributed by atoms with Gasteiger partial charge in [-0.1, -0.05) is 58.5 Å². The maximum Gasteiger partial charge on any atom is 0.337 e. The Bertz CT molecular complexity index is 1620. The molecule has 0 saturated carbocycles. The predicted molar refractivity (Wildman–Crippen MR) is 136 cm³/mol. The van der Waals surface area contributed by atoms with Crippen LogP contribution in [0.5, 0.6) is 0 Å². The first-order chi connectivity index (χ1) is 16.2. The molecule has 0 aliphatic carbocycles. The fraction of sp³-hybridized carbons (Fsp3) is 0.0870. The van der Waals surface area contributed by atoms with Gasteiger partial charge in [0, 0.05) is 20.1 Å². The summed E-state index contributed by atoms with van der Waals surface area (Å²) in [5.41, 5.74) is 6.79. The van der Waals surface area contributed by atoms with E-state index in [0.717, 1.165) is 15.9 Å². The highest BCUT2D eigenvalue weighted by Crippen LogP contribution is 2.40. The Balaban J connectivity index is 2.12. The van der Waals surface area contributed by atoms with Crippen LogP contribution >= 0.6 is 57.7 Å². The highest BCUT2D eigenvalue weighted by Gasteiger charge is 2.37. The molecule has 0 fully saturated rings. The lowest BCUT2D eigenvalue weighted by molar-refractivity contribution is -0.134. The Morgan fingerprint density at radius 1 is 1.15 bits per heavy atom. The molecular formula is C23H13Cl4N3O3S. The Hall–Kier alpha value is -2.73. The van der Waals surface area contributed by atoms with E-state index in [1.807, 2.05) is 6.07 Å². The van der Waals surface area contributed by atoms with E-state index in [0.29, 0.717) is 26.2 Å². The number of carbonyl (C=O) groups is 1. The summed E-state index contributed by atoms with van der Waals surface area (Å²) in [6.07, 6.45) is 1.56. The summed E-state index contributed by atoms with van der Waals surface area (Å²) in [7, 11) is 1.21. The predicted octanol–water partition coefficient (Wildman–Crippen LogP) is 4.12. The number of hydrogen-bond acceptors (Lipinski definition) is 6. The number of ether oxygens (including phenoxy) is 1. The Morgan fingerprint density at radius 2 is 1.79 bits per heavy atom. The summed E-state index contributed by atoms with van der Waals surface area (Å²) in [5.74, 6) is -1.81. The zero-order valence-electron chi connectivity index (χ0n) is 17.2. The standard InChI is InChI=1S/C23H13Cl4N3O3S/c1-33-23(32)19-18(13-5-4-12(25)8-16(13)27)14(9-28)20(29)30-21(31)17(34-22(19)30)6-10-2-3-11(24)7-15(10)26/h2-8,18H,29H2,1H3. The minimum Gasteiger partial charge on any atom is -0.466 e. The molecule has 1 unspecified atom stereocenters. The molecule has 1 aromatic heterocycles. The van der Waals surface area contributed by atoms with Gasteiger partial charge < -0.3 is 10.5 Å². The molecule has 3 aromatic rings. The molecule has 4 rings (SSSR count). The first-order valence-electron chi connectivity index (χ1n) is 9.54. The third-order valence-electron chi connectivity index (χ3n) is 5.20. The number of allylic oxidation sites excluding steroid dienone is 1. The molecule has 1 aliphatic heterocycles. The molecule has 0 radical (unpaired) electrons. The van der Waals surface area contributed by atoms with Crippen LogP contribution in [0.2, 0.25) is 20.1 Å². The van der Waals surface area contributed by atoms with Gasteiger partial charge in [0.15, 0.2) is 0 Å². The van der Waals surface area contributed by atoms with Gasteiger partial charge in [-0.15, -0.1) is 11.3 Å². The molecule has 34 heavy (non-hydrogen) atoms. The monoisotopic (exact) mass is 551 g/mol. The van der Waals surface area contributed by atoms with Crippen LogP contribution in [0.4, 0.5) is 0 Å². The van der Waals surface area contributed by atoms with Gasteiger partial charge in [0.25, 0.3) is 5.56 Å². The van der Waals surface area contributed by atoms with Crippen molar-refractivity contribution in [3.8, 4) is 6.07 Å². The van der Waals surface area contributed by atoms with E-state index in [1.165, 1.54) is 13.2 Å².